The number of carbonyl (C=O) groups excluding carboxylic acids is 1. The Morgan fingerprint density at radius 3 is 2.42 bits per heavy atom. The van der Waals surface area contributed by atoms with Crippen LogP contribution in [0.3, 0.4) is 0 Å². The first-order valence-electron chi connectivity index (χ1n) is 8.52. The smallest absolute Gasteiger partial charge is 0.269 e. The lowest BCUT2D eigenvalue weighted by Gasteiger charge is -2.25. The van der Waals surface area contributed by atoms with Gasteiger partial charge in [-0.05, 0) is 36.1 Å². The Morgan fingerprint density at radius 2 is 1.77 bits per heavy atom. The predicted octanol–water partition coefficient (Wildman–Crippen LogP) is 4.32. The number of nitrogens with zero attached hydrogens (tertiary/aromatic N) is 2. The number of benzene rings is 2. The summed E-state index contributed by atoms with van der Waals surface area (Å²) in [4.78, 5) is 24.4. The molecule has 0 heterocycles. The largest absolute Gasteiger partial charge is 0.484 e. The Hall–Kier alpha value is -2.89. The molecule has 1 atom stereocenters. The molecule has 0 aliphatic rings. The van der Waals surface area contributed by atoms with Gasteiger partial charge in [0.25, 0.3) is 11.6 Å². The Balaban J connectivity index is 2.01. The zero-order valence-electron chi connectivity index (χ0n) is 15.5. The van der Waals surface area contributed by atoms with E-state index in [4.69, 9.17) is 4.74 Å². The summed E-state index contributed by atoms with van der Waals surface area (Å²) in [6, 6.07) is 13.7. The van der Waals surface area contributed by atoms with E-state index in [9.17, 15) is 14.9 Å². The van der Waals surface area contributed by atoms with Gasteiger partial charge in [-0.3, -0.25) is 14.9 Å². The van der Waals surface area contributed by atoms with E-state index in [0.29, 0.717) is 17.2 Å². The van der Waals surface area contributed by atoms with Gasteiger partial charge in [0.05, 0.1) is 11.0 Å². The van der Waals surface area contributed by atoms with Crippen molar-refractivity contribution < 1.29 is 14.5 Å². The topological polar surface area (TPSA) is 72.7 Å². The molecular formula is C20H24N2O4. The quantitative estimate of drug-likeness (QED) is 0.547. The SMILES string of the molecule is CC(C)c1cccc(OCC(=O)N(C)C(C)c2cccc([N+](=O)[O-])c2)c1. The van der Waals surface area contributed by atoms with E-state index in [1.54, 1.807) is 19.2 Å². The minimum Gasteiger partial charge on any atom is -0.484 e. The fourth-order valence-corrected chi connectivity index (χ4v) is 2.55. The number of carbonyl (C=O) groups is 1. The summed E-state index contributed by atoms with van der Waals surface area (Å²) in [7, 11) is 1.67. The number of nitro groups is 1. The number of nitro benzene ring substituents is 1. The van der Waals surface area contributed by atoms with Crippen LogP contribution in [-0.2, 0) is 4.79 Å². The average Bonchev–Trinajstić information content (AvgIpc) is 2.65. The fourth-order valence-electron chi connectivity index (χ4n) is 2.55. The highest BCUT2D eigenvalue weighted by molar-refractivity contribution is 5.78. The standard InChI is InChI=1S/C20H24N2O4/c1-14(2)16-7-6-10-19(12-16)26-13-20(23)21(4)15(3)17-8-5-9-18(11-17)22(24)25/h5-12,14-15H,13H2,1-4H3. The van der Waals surface area contributed by atoms with Crippen molar-refractivity contribution in [2.24, 2.45) is 0 Å². The molecule has 0 spiro atoms. The molecule has 0 aliphatic heterocycles. The molecule has 0 N–H and O–H groups in total. The first-order valence-corrected chi connectivity index (χ1v) is 8.52. The molecule has 0 bridgehead atoms. The molecule has 26 heavy (non-hydrogen) atoms. The zero-order chi connectivity index (χ0) is 19.3. The number of likely N-dealkylation sites (N-methyl/N-ethyl adjacent to an activating group) is 1. The number of rotatable bonds is 7. The second-order valence-electron chi connectivity index (χ2n) is 6.55. The number of hydrogen-bond donors (Lipinski definition) is 0. The summed E-state index contributed by atoms with van der Waals surface area (Å²) in [6.07, 6.45) is 0. The van der Waals surface area contributed by atoms with Crippen LogP contribution < -0.4 is 4.74 Å². The molecule has 0 saturated carbocycles. The van der Waals surface area contributed by atoms with E-state index in [1.165, 1.54) is 17.0 Å². The van der Waals surface area contributed by atoms with Gasteiger partial charge in [0.2, 0.25) is 0 Å². The van der Waals surface area contributed by atoms with Gasteiger partial charge in [-0.2, -0.15) is 0 Å². The van der Waals surface area contributed by atoms with Crippen molar-refractivity contribution in [1.82, 2.24) is 4.90 Å². The molecule has 6 heteroatoms. The normalized spacial score (nSPS) is 11.9. The van der Waals surface area contributed by atoms with E-state index >= 15 is 0 Å². The van der Waals surface area contributed by atoms with Gasteiger partial charge >= 0.3 is 0 Å². The monoisotopic (exact) mass is 356 g/mol. The van der Waals surface area contributed by atoms with Crippen LogP contribution in [0.5, 0.6) is 5.75 Å². The number of ether oxygens (including phenoxy) is 1. The Kier molecular flexibility index (Phi) is 6.33. The van der Waals surface area contributed by atoms with E-state index in [-0.39, 0.29) is 24.2 Å². The van der Waals surface area contributed by atoms with Gasteiger partial charge in [-0.1, -0.05) is 38.1 Å². The van der Waals surface area contributed by atoms with Crippen LogP contribution in [-0.4, -0.2) is 29.4 Å². The van der Waals surface area contributed by atoms with Crippen LogP contribution in [0.1, 0.15) is 43.9 Å². The zero-order valence-corrected chi connectivity index (χ0v) is 15.5. The van der Waals surface area contributed by atoms with E-state index in [1.807, 2.05) is 31.2 Å². The summed E-state index contributed by atoms with van der Waals surface area (Å²) in [5, 5.41) is 10.9. The minimum atomic E-state index is -0.442. The molecule has 0 aromatic heterocycles. The molecule has 0 saturated heterocycles. The molecule has 1 unspecified atom stereocenters. The molecule has 0 fully saturated rings. The Morgan fingerprint density at radius 1 is 1.12 bits per heavy atom. The maximum atomic E-state index is 12.4. The molecule has 2 aromatic carbocycles. The molecule has 1 amide bonds. The third kappa shape index (κ3) is 4.81. The van der Waals surface area contributed by atoms with E-state index in [0.717, 1.165) is 5.56 Å². The number of hydrogen-bond acceptors (Lipinski definition) is 4. The van der Waals surface area contributed by atoms with Crippen LogP contribution in [0, 0.1) is 10.1 Å². The maximum Gasteiger partial charge on any atom is 0.269 e. The summed E-state index contributed by atoms with van der Waals surface area (Å²) in [5.74, 6) is 0.839. The molecule has 2 rings (SSSR count). The van der Waals surface area contributed by atoms with Gasteiger partial charge in [-0.15, -0.1) is 0 Å². The van der Waals surface area contributed by atoms with Crippen molar-refractivity contribution in [3.8, 4) is 5.75 Å². The van der Waals surface area contributed by atoms with Crippen molar-refractivity contribution in [2.45, 2.75) is 32.7 Å². The van der Waals surface area contributed by atoms with E-state index in [2.05, 4.69) is 13.8 Å². The van der Waals surface area contributed by atoms with Crippen molar-refractivity contribution >= 4 is 11.6 Å². The highest BCUT2D eigenvalue weighted by Gasteiger charge is 2.19. The van der Waals surface area contributed by atoms with Crippen molar-refractivity contribution in [3.63, 3.8) is 0 Å². The predicted molar refractivity (Wildman–Crippen MR) is 100 cm³/mol. The van der Waals surface area contributed by atoms with Crippen LogP contribution in [0.25, 0.3) is 0 Å². The summed E-state index contributed by atoms with van der Waals surface area (Å²) < 4.78 is 5.63. The highest BCUT2D eigenvalue weighted by Crippen LogP contribution is 2.24. The van der Waals surface area contributed by atoms with Crippen molar-refractivity contribution in [3.05, 3.63) is 69.8 Å². The maximum absolute atomic E-state index is 12.4. The lowest BCUT2D eigenvalue weighted by Crippen LogP contribution is -2.33. The average molecular weight is 356 g/mol. The molecule has 138 valence electrons. The summed E-state index contributed by atoms with van der Waals surface area (Å²) in [6.45, 7) is 5.94. The second kappa shape index (κ2) is 8.47. The van der Waals surface area contributed by atoms with Gasteiger partial charge in [0.15, 0.2) is 6.61 Å². The first-order chi connectivity index (χ1) is 12.3. The fraction of sp³-hybridized carbons (Fsp3) is 0.350. The lowest BCUT2D eigenvalue weighted by molar-refractivity contribution is -0.384. The Labute approximate surface area is 153 Å². The third-order valence-corrected chi connectivity index (χ3v) is 4.42. The number of non-ortho nitro benzene ring substituents is 1. The van der Waals surface area contributed by atoms with Crippen LogP contribution in [0.2, 0.25) is 0 Å². The molecule has 6 nitrogen and oxygen atoms in total. The molecule has 0 radical (unpaired) electrons. The number of amides is 1. The van der Waals surface area contributed by atoms with Crippen molar-refractivity contribution in [1.29, 1.82) is 0 Å². The van der Waals surface area contributed by atoms with Gasteiger partial charge < -0.3 is 9.64 Å². The second-order valence-corrected chi connectivity index (χ2v) is 6.55. The molecule has 2 aromatic rings. The van der Waals surface area contributed by atoms with Crippen LogP contribution in [0.4, 0.5) is 5.69 Å². The summed E-state index contributed by atoms with van der Waals surface area (Å²) >= 11 is 0. The Bertz CT molecular complexity index is 789. The molecular weight excluding hydrogens is 332 g/mol. The highest BCUT2D eigenvalue weighted by atomic mass is 16.6. The van der Waals surface area contributed by atoms with Crippen LogP contribution in [0.15, 0.2) is 48.5 Å². The molecule has 0 aliphatic carbocycles. The lowest BCUT2D eigenvalue weighted by atomic mass is 10.0. The van der Waals surface area contributed by atoms with E-state index < -0.39 is 4.92 Å². The van der Waals surface area contributed by atoms with Crippen LogP contribution >= 0.6 is 0 Å². The van der Waals surface area contributed by atoms with Crippen molar-refractivity contribution in [2.75, 3.05) is 13.7 Å². The summed E-state index contributed by atoms with van der Waals surface area (Å²) in [5.41, 5.74) is 1.86. The van der Waals surface area contributed by atoms with Gasteiger partial charge in [0, 0.05) is 19.2 Å². The first kappa shape index (κ1) is 19.4. The van der Waals surface area contributed by atoms with Gasteiger partial charge in [0.1, 0.15) is 5.75 Å². The minimum absolute atomic E-state index is 0.0111. The third-order valence-electron chi connectivity index (χ3n) is 4.42. The van der Waals surface area contributed by atoms with Gasteiger partial charge in [-0.25, -0.2) is 0 Å².